The predicted octanol–water partition coefficient (Wildman–Crippen LogP) is 3.01. The molecule has 1 aliphatic heterocycles. The molecule has 2 aromatic heterocycles. The molecule has 0 unspecified atom stereocenters. The third-order valence-corrected chi connectivity index (χ3v) is 5.91. The first kappa shape index (κ1) is 19.3. The van der Waals surface area contributed by atoms with E-state index in [2.05, 4.69) is 27.5 Å². The Labute approximate surface area is 173 Å². The largest absolute Gasteiger partial charge is 0.345 e. The van der Waals surface area contributed by atoms with Crippen molar-refractivity contribution in [3.8, 4) is 0 Å². The van der Waals surface area contributed by atoms with Crippen LogP contribution in [0.1, 0.15) is 46.5 Å². The Morgan fingerprint density at radius 1 is 1.17 bits per heavy atom. The summed E-state index contributed by atoms with van der Waals surface area (Å²) in [6, 6.07) is 9.63. The van der Waals surface area contributed by atoms with Gasteiger partial charge in [0.15, 0.2) is 0 Å². The minimum absolute atomic E-state index is 0.0749. The second-order valence-electron chi connectivity index (χ2n) is 7.49. The van der Waals surface area contributed by atoms with E-state index in [1.165, 1.54) is 22.5 Å². The third-order valence-electron chi connectivity index (χ3n) is 4.98. The highest BCUT2D eigenvalue weighted by atomic mass is 32.1. The van der Waals surface area contributed by atoms with Gasteiger partial charge in [0, 0.05) is 30.9 Å². The monoisotopic (exact) mass is 409 g/mol. The van der Waals surface area contributed by atoms with Gasteiger partial charge in [0.05, 0.1) is 6.04 Å². The second-order valence-corrected chi connectivity index (χ2v) is 8.38. The fourth-order valence-electron chi connectivity index (χ4n) is 3.44. The van der Waals surface area contributed by atoms with Gasteiger partial charge >= 0.3 is 0 Å². The summed E-state index contributed by atoms with van der Waals surface area (Å²) in [5.41, 5.74) is 2.80. The molecule has 3 heterocycles. The fraction of sp³-hybridized carbons (Fsp3) is 0.333. The summed E-state index contributed by atoms with van der Waals surface area (Å²) in [7, 11) is 0. The first-order valence-corrected chi connectivity index (χ1v) is 10.5. The van der Waals surface area contributed by atoms with Crippen LogP contribution in [-0.2, 0) is 24.4 Å². The predicted molar refractivity (Wildman–Crippen MR) is 110 cm³/mol. The number of hydrogen-bond donors (Lipinski definition) is 1. The van der Waals surface area contributed by atoms with Crippen LogP contribution in [0.15, 0.2) is 48.1 Å². The molecule has 0 saturated heterocycles. The van der Waals surface area contributed by atoms with Crippen LogP contribution in [0, 0.1) is 5.92 Å². The van der Waals surface area contributed by atoms with Crippen molar-refractivity contribution in [3.63, 3.8) is 0 Å². The van der Waals surface area contributed by atoms with E-state index in [4.69, 9.17) is 0 Å². The van der Waals surface area contributed by atoms with E-state index in [9.17, 15) is 9.59 Å². The molecule has 0 saturated carbocycles. The van der Waals surface area contributed by atoms with Gasteiger partial charge < -0.3 is 10.2 Å². The zero-order valence-electron chi connectivity index (χ0n) is 16.4. The molecule has 4 rings (SSSR count). The highest BCUT2D eigenvalue weighted by Gasteiger charge is 2.28. The smallest absolute Gasteiger partial charge is 0.273 e. The number of aromatic nitrogens is 3. The summed E-state index contributed by atoms with van der Waals surface area (Å²) in [4.78, 5) is 31.7. The van der Waals surface area contributed by atoms with Gasteiger partial charge in [-0.2, -0.15) is 5.10 Å². The minimum atomic E-state index is -0.250. The maximum atomic E-state index is 12.9. The number of carbonyl (C=O) groups excluding carboxylic acids is 2. The molecule has 29 heavy (non-hydrogen) atoms. The minimum Gasteiger partial charge on any atom is -0.345 e. The van der Waals surface area contributed by atoms with Gasteiger partial charge in [0.1, 0.15) is 17.2 Å². The van der Waals surface area contributed by atoms with Crippen molar-refractivity contribution >= 4 is 23.2 Å². The molecule has 0 fully saturated rings. The number of thiazole rings is 1. The SMILES string of the molecule is CC(C)[C@H](NC(=O)Cn1cccn1)c1nc(C(=O)N2Cc3ccccc3C2)cs1. The molecule has 0 aliphatic carbocycles. The van der Waals surface area contributed by atoms with E-state index >= 15 is 0 Å². The Morgan fingerprint density at radius 3 is 2.52 bits per heavy atom. The standard InChI is InChI=1S/C21H23N5O2S/c1-14(2)19(24-18(27)12-26-9-5-8-22-26)20-23-17(13-29-20)21(28)25-10-15-6-3-4-7-16(15)11-25/h3-9,13-14,19H,10-12H2,1-2H3,(H,24,27)/t19-/m0/s1. The molecule has 0 radical (unpaired) electrons. The summed E-state index contributed by atoms with van der Waals surface area (Å²) in [5, 5.41) is 9.62. The summed E-state index contributed by atoms with van der Waals surface area (Å²) >= 11 is 1.41. The number of benzene rings is 1. The van der Waals surface area contributed by atoms with Crippen LogP contribution in [0.3, 0.4) is 0 Å². The lowest BCUT2D eigenvalue weighted by molar-refractivity contribution is -0.122. The Hall–Kier alpha value is -3.00. The molecule has 1 aromatic carbocycles. The Morgan fingerprint density at radius 2 is 1.90 bits per heavy atom. The summed E-state index contributed by atoms with van der Waals surface area (Å²) in [5.74, 6) is -0.0683. The van der Waals surface area contributed by atoms with Gasteiger partial charge in [0.25, 0.3) is 5.91 Å². The first-order valence-electron chi connectivity index (χ1n) is 9.59. The lowest BCUT2D eigenvalue weighted by atomic mass is 10.1. The van der Waals surface area contributed by atoms with Crippen molar-refractivity contribution < 1.29 is 9.59 Å². The quantitative estimate of drug-likeness (QED) is 0.679. The number of amides is 2. The zero-order valence-corrected chi connectivity index (χ0v) is 17.2. The maximum absolute atomic E-state index is 12.9. The number of carbonyl (C=O) groups is 2. The normalized spacial score (nSPS) is 14.1. The fourth-order valence-corrected chi connectivity index (χ4v) is 4.46. The van der Waals surface area contributed by atoms with Crippen molar-refractivity contribution in [3.05, 3.63) is 69.9 Å². The number of hydrogen-bond acceptors (Lipinski definition) is 5. The molecular formula is C21H23N5O2S. The zero-order chi connectivity index (χ0) is 20.4. The summed E-state index contributed by atoms with van der Waals surface area (Å²) < 4.78 is 1.58. The van der Waals surface area contributed by atoms with E-state index in [-0.39, 0.29) is 30.3 Å². The van der Waals surface area contributed by atoms with Crippen molar-refractivity contribution in [1.29, 1.82) is 0 Å². The topological polar surface area (TPSA) is 80.1 Å². The van der Waals surface area contributed by atoms with Gasteiger partial charge in [-0.05, 0) is 23.1 Å². The molecule has 0 bridgehead atoms. The van der Waals surface area contributed by atoms with Crippen molar-refractivity contribution in [1.82, 2.24) is 25.0 Å². The van der Waals surface area contributed by atoms with Crippen LogP contribution in [0.5, 0.6) is 0 Å². The number of rotatable bonds is 6. The average molecular weight is 410 g/mol. The summed E-state index contributed by atoms with van der Waals surface area (Å²) in [6.45, 7) is 5.42. The molecule has 3 aromatic rings. The van der Waals surface area contributed by atoms with Gasteiger partial charge in [0.2, 0.25) is 5.91 Å². The molecule has 7 nitrogen and oxygen atoms in total. The molecule has 1 atom stereocenters. The molecular weight excluding hydrogens is 386 g/mol. The Balaban J connectivity index is 1.44. The van der Waals surface area contributed by atoms with Crippen LogP contribution >= 0.6 is 11.3 Å². The number of fused-ring (bicyclic) bond motifs is 1. The van der Waals surface area contributed by atoms with Crippen molar-refractivity contribution in [2.75, 3.05) is 0 Å². The van der Waals surface area contributed by atoms with Gasteiger partial charge in [-0.15, -0.1) is 11.3 Å². The molecule has 8 heteroatoms. The van der Waals surface area contributed by atoms with Crippen molar-refractivity contribution in [2.45, 2.75) is 39.5 Å². The van der Waals surface area contributed by atoms with E-state index < -0.39 is 0 Å². The van der Waals surface area contributed by atoms with Crippen LogP contribution in [0.4, 0.5) is 0 Å². The first-order chi connectivity index (χ1) is 14.0. The molecule has 0 spiro atoms. The molecule has 2 amide bonds. The van der Waals surface area contributed by atoms with E-state index in [0.29, 0.717) is 18.8 Å². The van der Waals surface area contributed by atoms with E-state index in [1.807, 2.05) is 30.9 Å². The van der Waals surface area contributed by atoms with Gasteiger partial charge in [-0.3, -0.25) is 14.3 Å². The lowest BCUT2D eigenvalue weighted by Gasteiger charge is -2.20. The lowest BCUT2D eigenvalue weighted by Crippen LogP contribution is -2.34. The van der Waals surface area contributed by atoms with Crippen molar-refractivity contribution in [2.24, 2.45) is 5.92 Å². The van der Waals surface area contributed by atoms with Crippen LogP contribution in [0.25, 0.3) is 0 Å². The number of nitrogens with zero attached hydrogens (tertiary/aromatic N) is 4. The van der Waals surface area contributed by atoms with E-state index in [1.54, 1.807) is 28.5 Å². The Kier molecular flexibility index (Phi) is 5.44. The maximum Gasteiger partial charge on any atom is 0.273 e. The highest BCUT2D eigenvalue weighted by molar-refractivity contribution is 7.09. The molecule has 1 N–H and O–H groups in total. The average Bonchev–Trinajstić information content (AvgIpc) is 3.45. The van der Waals surface area contributed by atoms with Gasteiger partial charge in [-0.25, -0.2) is 4.98 Å². The Bertz CT molecular complexity index is 987. The van der Waals surface area contributed by atoms with Gasteiger partial charge in [-0.1, -0.05) is 38.1 Å². The second kappa shape index (κ2) is 8.16. The van der Waals surface area contributed by atoms with Crippen LogP contribution < -0.4 is 5.32 Å². The van der Waals surface area contributed by atoms with Crippen LogP contribution in [-0.4, -0.2) is 31.5 Å². The van der Waals surface area contributed by atoms with E-state index in [0.717, 1.165) is 5.01 Å². The number of nitrogens with one attached hydrogen (secondary N) is 1. The molecule has 1 aliphatic rings. The van der Waals surface area contributed by atoms with Crippen LogP contribution in [0.2, 0.25) is 0 Å². The highest BCUT2D eigenvalue weighted by Crippen LogP contribution is 2.28. The molecule has 150 valence electrons. The summed E-state index contributed by atoms with van der Waals surface area (Å²) in [6.07, 6.45) is 3.39. The third kappa shape index (κ3) is 4.22.